The molecule has 1 aliphatic rings. The molecule has 1 aromatic rings. The molecule has 2 unspecified atom stereocenters. The summed E-state index contributed by atoms with van der Waals surface area (Å²) >= 11 is 0. The Morgan fingerprint density at radius 1 is 1.61 bits per heavy atom. The Morgan fingerprint density at radius 3 is 2.83 bits per heavy atom. The van der Waals surface area contributed by atoms with E-state index in [1.54, 1.807) is 0 Å². The molecule has 0 amide bonds. The lowest BCUT2D eigenvalue weighted by molar-refractivity contribution is -0.148. The second-order valence-electron chi connectivity index (χ2n) is 5.09. The minimum absolute atomic E-state index is 0.172. The maximum Gasteiger partial charge on any atom is 0.326 e. The number of esters is 1. The van der Waals surface area contributed by atoms with Gasteiger partial charge in [-0.3, -0.25) is 9.48 Å². The molecule has 0 radical (unpaired) electrons. The van der Waals surface area contributed by atoms with E-state index in [0.717, 1.165) is 30.7 Å². The molecule has 5 nitrogen and oxygen atoms in total. The van der Waals surface area contributed by atoms with Gasteiger partial charge in [-0.05, 0) is 46.2 Å². The zero-order valence-corrected chi connectivity index (χ0v) is 11.5. The van der Waals surface area contributed by atoms with E-state index in [2.05, 4.69) is 23.4 Å². The third-order valence-corrected chi connectivity index (χ3v) is 3.93. The standard InChI is InChI=1S/C13H21N3O2/c1-9-7-10(2)16(15-9)11-5-6-13(8-11,14-3)12(17)18-4/h7,11,14H,5-6,8H2,1-4H3. The molecule has 0 bridgehead atoms. The second kappa shape index (κ2) is 4.72. The summed E-state index contributed by atoms with van der Waals surface area (Å²) in [5.41, 5.74) is 1.62. The SMILES string of the molecule is CNC1(C(=O)OC)CCC(n2nc(C)cc2C)C1. The van der Waals surface area contributed by atoms with E-state index < -0.39 is 5.54 Å². The fraction of sp³-hybridized carbons (Fsp3) is 0.692. The zero-order chi connectivity index (χ0) is 13.3. The number of methoxy groups -OCH3 is 1. The zero-order valence-electron chi connectivity index (χ0n) is 11.5. The van der Waals surface area contributed by atoms with Crippen LogP contribution in [-0.2, 0) is 9.53 Å². The fourth-order valence-corrected chi connectivity index (χ4v) is 2.95. The summed E-state index contributed by atoms with van der Waals surface area (Å²) in [7, 11) is 3.26. The van der Waals surface area contributed by atoms with Crippen LogP contribution in [-0.4, -0.2) is 35.4 Å². The average Bonchev–Trinajstić information content (AvgIpc) is 2.92. The summed E-state index contributed by atoms with van der Waals surface area (Å²) in [6.45, 7) is 4.04. The van der Waals surface area contributed by atoms with Gasteiger partial charge in [0.25, 0.3) is 0 Å². The monoisotopic (exact) mass is 251 g/mol. The quantitative estimate of drug-likeness (QED) is 0.824. The average molecular weight is 251 g/mol. The van der Waals surface area contributed by atoms with Crippen LogP contribution >= 0.6 is 0 Å². The summed E-state index contributed by atoms with van der Waals surface area (Å²) in [4.78, 5) is 11.9. The van der Waals surface area contributed by atoms with Crippen LogP contribution in [0.4, 0.5) is 0 Å². The molecule has 1 fully saturated rings. The van der Waals surface area contributed by atoms with Crippen molar-refractivity contribution in [3.05, 3.63) is 17.5 Å². The predicted octanol–water partition coefficient (Wildman–Crippen LogP) is 1.36. The topological polar surface area (TPSA) is 56.1 Å². The molecule has 0 aliphatic heterocycles. The van der Waals surface area contributed by atoms with Crippen LogP contribution in [0.15, 0.2) is 6.07 Å². The van der Waals surface area contributed by atoms with Crippen LogP contribution in [0.2, 0.25) is 0 Å². The van der Waals surface area contributed by atoms with Crippen molar-refractivity contribution in [2.75, 3.05) is 14.2 Å². The minimum Gasteiger partial charge on any atom is -0.468 e. The van der Waals surface area contributed by atoms with E-state index in [-0.39, 0.29) is 12.0 Å². The van der Waals surface area contributed by atoms with E-state index >= 15 is 0 Å². The summed E-state index contributed by atoms with van der Waals surface area (Å²) in [5.74, 6) is -0.172. The van der Waals surface area contributed by atoms with E-state index in [4.69, 9.17) is 4.74 Å². The molecule has 0 aromatic carbocycles. The van der Waals surface area contributed by atoms with Gasteiger partial charge in [0, 0.05) is 5.69 Å². The van der Waals surface area contributed by atoms with Crippen LogP contribution in [0.3, 0.4) is 0 Å². The second-order valence-corrected chi connectivity index (χ2v) is 5.09. The van der Waals surface area contributed by atoms with Crippen molar-refractivity contribution in [3.63, 3.8) is 0 Å². The highest BCUT2D eigenvalue weighted by Gasteiger charge is 2.46. The molecule has 0 saturated heterocycles. The van der Waals surface area contributed by atoms with Crippen molar-refractivity contribution in [3.8, 4) is 0 Å². The number of aromatic nitrogens is 2. The molecular formula is C13H21N3O2. The van der Waals surface area contributed by atoms with Crippen molar-refractivity contribution < 1.29 is 9.53 Å². The molecule has 2 atom stereocenters. The third-order valence-electron chi connectivity index (χ3n) is 3.93. The highest BCUT2D eigenvalue weighted by atomic mass is 16.5. The number of aryl methyl sites for hydroxylation is 2. The lowest BCUT2D eigenvalue weighted by Crippen LogP contribution is -2.49. The highest BCUT2D eigenvalue weighted by Crippen LogP contribution is 2.38. The molecular weight excluding hydrogens is 230 g/mol. The summed E-state index contributed by atoms with van der Waals surface area (Å²) in [6.07, 6.45) is 2.47. The van der Waals surface area contributed by atoms with Crippen molar-refractivity contribution in [1.82, 2.24) is 15.1 Å². The van der Waals surface area contributed by atoms with Crippen molar-refractivity contribution in [2.24, 2.45) is 0 Å². The fourth-order valence-electron chi connectivity index (χ4n) is 2.95. The van der Waals surface area contributed by atoms with Crippen molar-refractivity contribution in [2.45, 2.75) is 44.7 Å². The van der Waals surface area contributed by atoms with E-state index in [0.29, 0.717) is 0 Å². The number of nitrogens with zero attached hydrogens (tertiary/aromatic N) is 2. The van der Waals surface area contributed by atoms with Gasteiger partial charge in [0.1, 0.15) is 5.54 Å². The van der Waals surface area contributed by atoms with Crippen LogP contribution < -0.4 is 5.32 Å². The summed E-state index contributed by atoms with van der Waals surface area (Å²) < 4.78 is 6.96. The Morgan fingerprint density at radius 2 is 2.33 bits per heavy atom. The Kier molecular flexibility index (Phi) is 3.43. The number of rotatable bonds is 3. The van der Waals surface area contributed by atoms with Gasteiger partial charge < -0.3 is 10.1 Å². The normalized spacial score (nSPS) is 27.4. The van der Waals surface area contributed by atoms with Crippen LogP contribution in [0.5, 0.6) is 0 Å². The first-order valence-electron chi connectivity index (χ1n) is 6.32. The molecule has 1 heterocycles. The Hall–Kier alpha value is -1.36. The van der Waals surface area contributed by atoms with Crippen molar-refractivity contribution in [1.29, 1.82) is 0 Å². The number of carbonyl (C=O) groups is 1. The lowest BCUT2D eigenvalue weighted by atomic mass is 9.98. The van der Waals surface area contributed by atoms with Gasteiger partial charge in [-0.2, -0.15) is 5.10 Å². The van der Waals surface area contributed by atoms with Crippen molar-refractivity contribution >= 4 is 5.97 Å². The first kappa shape index (κ1) is 13.1. The molecule has 2 rings (SSSR count). The smallest absolute Gasteiger partial charge is 0.326 e. The number of hydrogen-bond acceptors (Lipinski definition) is 4. The highest BCUT2D eigenvalue weighted by molar-refractivity contribution is 5.81. The number of ether oxygens (including phenoxy) is 1. The Bertz CT molecular complexity index is 455. The minimum atomic E-state index is -0.550. The first-order valence-corrected chi connectivity index (χ1v) is 6.32. The van der Waals surface area contributed by atoms with Gasteiger partial charge in [-0.1, -0.05) is 0 Å². The van der Waals surface area contributed by atoms with Gasteiger partial charge in [-0.15, -0.1) is 0 Å². The largest absolute Gasteiger partial charge is 0.468 e. The molecule has 18 heavy (non-hydrogen) atoms. The molecule has 1 saturated carbocycles. The molecule has 100 valence electrons. The number of nitrogens with one attached hydrogen (secondary N) is 1. The summed E-state index contributed by atoms with van der Waals surface area (Å²) in [5, 5.41) is 7.65. The number of hydrogen-bond donors (Lipinski definition) is 1. The first-order chi connectivity index (χ1) is 8.52. The van der Waals surface area contributed by atoms with Crippen LogP contribution in [0, 0.1) is 13.8 Å². The maximum atomic E-state index is 11.9. The molecule has 1 N–H and O–H groups in total. The predicted molar refractivity (Wildman–Crippen MR) is 68.4 cm³/mol. The van der Waals surface area contributed by atoms with Gasteiger partial charge in [-0.25, -0.2) is 0 Å². The maximum absolute atomic E-state index is 11.9. The van der Waals surface area contributed by atoms with Crippen LogP contribution in [0.1, 0.15) is 36.7 Å². The van der Waals surface area contributed by atoms with Gasteiger partial charge in [0.15, 0.2) is 0 Å². The van der Waals surface area contributed by atoms with E-state index in [1.165, 1.54) is 7.11 Å². The molecule has 5 heteroatoms. The van der Waals surface area contributed by atoms with Gasteiger partial charge in [0.05, 0.1) is 18.8 Å². The van der Waals surface area contributed by atoms with E-state index in [1.807, 2.05) is 18.7 Å². The van der Waals surface area contributed by atoms with E-state index in [9.17, 15) is 4.79 Å². The number of likely N-dealkylation sites (N-methyl/N-ethyl adjacent to an activating group) is 1. The molecule has 0 spiro atoms. The molecule has 1 aromatic heterocycles. The number of carbonyl (C=O) groups excluding carboxylic acids is 1. The summed E-state index contributed by atoms with van der Waals surface area (Å²) in [6, 6.07) is 2.34. The van der Waals surface area contributed by atoms with Crippen LogP contribution in [0.25, 0.3) is 0 Å². The third kappa shape index (κ3) is 2.03. The Labute approximate surface area is 108 Å². The molecule has 1 aliphatic carbocycles. The van der Waals surface area contributed by atoms with Gasteiger partial charge in [0.2, 0.25) is 0 Å². The van der Waals surface area contributed by atoms with Gasteiger partial charge >= 0.3 is 5.97 Å². The lowest BCUT2D eigenvalue weighted by Gasteiger charge is -2.25. The Balaban J connectivity index is 2.21.